The van der Waals surface area contributed by atoms with Crippen molar-refractivity contribution in [2.45, 2.75) is 57.1 Å². The van der Waals surface area contributed by atoms with Gasteiger partial charge < -0.3 is 4.90 Å². The van der Waals surface area contributed by atoms with Crippen LogP contribution in [0.15, 0.2) is 11.2 Å². The summed E-state index contributed by atoms with van der Waals surface area (Å²) in [5.74, 6) is 4.08. The van der Waals surface area contributed by atoms with Crippen LogP contribution in [0.2, 0.25) is 0 Å². The predicted molar refractivity (Wildman–Crippen MR) is 95.8 cm³/mol. The van der Waals surface area contributed by atoms with Gasteiger partial charge in [-0.05, 0) is 75.7 Å². The summed E-state index contributed by atoms with van der Waals surface area (Å²) in [6.07, 6.45) is 6.85. The highest BCUT2D eigenvalue weighted by molar-refractivity contribution is 7.99. The highest BCUT2D eigenvalue weighted by Gasteiger charge is 2.50. The number of aryl methyl sites for hydroxylation is 2. The van der Waals surface area contributed by atoms with Crippen LogP contribution in [0.5, 0.6) is 0 Å². The molecule has 0 spiro atoms. The monoisotopic (exact) mass is 345 g/mol. The molecule has 4 nitrogen and oxygen atoms in total. The molecule has 1 heterocycles. The van der Waals surface area contributed by atoms with Gasteiger partial charge >= 0.3 is 0 Å². The Morgan fingerprint density at radius 3 is 2.17 bits per heavy atom. The molecule has 4 saturated carbocycles. The number of carbonyl (C=O) groups excluding carboxylic acids is 1. The Morgan fingerprint density at radius 1 is 1.08 bits per heavy atom. The molecule has 1 amide bonds. The summed E-state index contributed by atoms with van der Waals surface area (Å²) in [6.45, 7) is 3.95. The van der Waals surface area contributed by atoms with Crippen LogP contribution < -0.4 is 0 Å². The fourth-order valence-corrected chi connectivity index (χ4v) is 6.55. The maximum atomic E-state index is 12.8. The molecule has 0 unspecified atom stereocenters. The van der Waals surface area contributed by atoms with Crippen LogP contribution in [-0.2, 0) is 4.79 Å². The summed E-state index contributed by atoms with van der Waals surface area (Å²) >= 11 is 1.47. The van der Waals surface area contributed by atoms with Crippen molar-refractivity contribution in [3.05, 3.63) is 17.5 Å². The van der Waals surface area contributed by atoms with Gasteiger partial charge in [0.05, 0.1) is 5.75 Å². The lowest BCUT2D eigenvalue weighted by Crippen LogP contribution is -2.56. The summed E-state index contributed by atoms with van der Waals surface area (Å²) in [6, 6.07) is 2.44. The van der Waals surface area contributed by atoms with Crippen LogP contribution in [0.3, 0.4) is 0 Å². The van der Waals surface area contributed by atoms with Crippen LogP contribution in [0.4, 0.5) is 0 Å². The van der Waals surface area contributed by atoms with E-state index in [9.17, 15) is 4.79 Å². The second-order valence-electron chi connectivity index (χ2n) is 8.15. The van der Waals surface area contributed by atoms with E-state index in [4.69, 9.17) is 0 Å². The average Bonchev–Trinajstić information content (AvgIpc) is 2.50. The molecule has 5 rings (SSSR count). The first kappa shape index (κ1) is 16.4. The number of aromatic nitrogens is 2. The van der Waals surface area contributed by atoms with Crippen molar-refractivity contribution >= 4 is 17.7 Å². The number of hydrogen-bond donors (Lipinski definition) is 0. The summed E-state index contributed by atoms with van der Waals surface area (Å²) in [4.78, 5) is 23.7. The fourth-order valence-electron chi connectivity index (χ4n) is 5.68. The molecule has 0 N–H and O–H groups in total. The maximum absolute atomic E-state index is 12.8. The molecule has 0 saturated heterocycles. The molecule has 0 atom stereocenters. The molecule has 0 radical (unpaired) electrons. The first-order valence-electron chi connectivity index (χ1n) is 9.20. The number of carbonyl (C=O) groups is 1. The number of rotatable bonds is 4. The van der Waals surface area contributed by atoms with E-state index in [1.54, 1.807) is 0 Å². The lowest BCUT2D eigenvalue weighted by molar-refractivity contribution is -0.138. The minimum absolute atomic E-state index is 0.236. The Labute approximate surface area is 148 Å². The molecular formula is C19H27N3OS. The van der Waals surface area contributed by atoms with Crippen LogP contribution in [0.25, 0.3) is 0 Å². The third-order valence-electron chi connectivity index (χ3n) is 6.30. The zero-order chi connectivity index (χ0) is 16.8. The van der Waals surface area contributed by atoms with Crippen molar-refractivity contribution in [1.82, 2.24) is 14.9 Å². The Hall–Kier alpha value is -1.10. The van der Waals surface area contributed by atoms with E-state index in [2.05, 4.69) is 14.9 Å². The predicted octanol–water partition coefficient (Wildman–Crippen LogP) is 3.47. The topological polar surface area (TPSA) is 46.1 Å². The number of thioether (sulfide) groups is 1. The molecular weight excluding hydrogens is 318 g/mol. The number of amides is 1. The average molecular weight is 346 g/mol. The third-order valence-corrected chi connectivity index (χ3v) is 7.14. The summed E-state index contributed by atoms with van der Waals surface area (Å²) < 4.78 is 0. The largest absolute Gasteiger partial charge is 0.341 e. The van der Waals surface area contributed by atoms with Crippen LogP contribution in [-0.4, -0.2) is 39.6 Å². The quantitative estimate of drug-likeness (QED) is 0.619. The molecule has 1 aromatic rings. The van der Waals surface area contributed by atoms with Gasteiger partial charge in [0.15, 0.2) is 5.16 Å². The fraction of sp³-hybridized carbons (Fsp3) is 0.737. The normalized spacial score (nSPS) is 33.7. The third kappa shape index (κ3) is 3.07. The van der Waals surface area contributed by atoms with Crippen molar-refractivity contribution in [2.24, 2.45) is 23.7 Å². The Morgan fingerprint density at radius 2 is 1.62 bits per heavy atom. The van der Waals surface area contributed by atoms with Crippen LogP contribution in [0, 0.1) is 37.5 Å². The molecule has 0 aliphatic heterocycles. The van der Waals surface area contributed by atoms with Gasteiger partial charge in [-0.25, -0.2) is 9.97 Å². The molecule has 4 bridgehead atoms. The van der Waals surface area contributed by atoms with E-state index in [0.29, 0.717) is 11.8 Å². The van der Waals surface area contributed by atoms with E-state index < -0.39 is 0 Å². The second kappa shape index (κ2) is 6.32. The Kier molecular flexibility index (Phi) is 4.31. The van der Waals surface area contributed by atoms with Crippen LogP contribution >= 0.6 is 11.8 Å². The highest BCUT2D eigenvalue weighted by Crippen LogP contribution is 2.55. The zero-order valence-corrected chi connectivity index (χ0v) is 15.7. The minimum atomic E-state index is 0.236. The van der Waals surface area contributed by atoms with Gasteiger partial charge in [0.2, 0.25) is 5.91 Å². The summed E-state index contributed by atoms with van der Waals surface area (Å²) in [5.41, 5.74) is 1.93. The highest BCUT2D eigenvalue weighted by atomic mass is 32.2. The standard InChI is InChI=1S/C19H27N3OS/c1-11-4-12(2)21-19(20-11)24-10-17(23)22(3)18-15-6-13-5-14(8-15)9-16(18)7-13/h4,13-16,18H,5-10H2,1-3H3. The Bertz CT molecular complexity index is 599. The van der Waals surface area contributed by atoms with Gasteiger partial charge in [-0.15, -0.1) is 0 Å². The van der Waals surface area contributed by atoms with Gasteiger partial charge in [-0.1, -0.05) is 11.8 Å². The van der Waals surface area contributed by atoms with Crippen LogP contribution in [0.1, 0.15) is 43.5 Å². The van der Waals surface area contributed by atoms with E-state index in [1.807, 2.05) is 27.0 Å². The number of nitrogens with zero attached hydrogens (tertiary/aromatic N) is 3. The van der Waals surface area contributed by atoms with Gasteiger partial charge in [0, 0.05) is 24.5 Å². The van der Waals surface area contributed by atoms with Gasteiger partial charge in [-0.2, -0.15) is 0 Å². The van der Waals surface area contributed by atoms with Gasteiger partial charge in [0.1, 0.15) is 0 Å². The van der Waals surface area contributed by atoms with E-state index in [-0.39, 0.29) is 5.91 Å². The number of hydrogen-bond acceptors (Lipinski definition) is 4. The van der Waals surface area contributed by atoms with Gasteiger partial charge in [0.25, 0.3) is 0 Å². The van der Waals surface area contributed by atoms with Crippen molar-refractivity contribution in [2.75, 3.05) is 12.8 Å². The SMILES string of the molecule is Cc1cc(C)nc(SCC(=O)N(C)C2C3CC4CC(C3)CC2C4)n1. The second-order valence-corrected chi connectivity index (χ2v) is 9.09. The first-order valence-corrected chi connectivity index (χ1v) is 10.2. The molecule has 1 aromatic heterocycles. The van der Waals surface area contributed by atoms with E-state index >= 15 is 0 Å². The minimum Gasteiger partial charge on any atom is -0.341 e. The lowest BCUT2D eigenvalue weighted by Gasteiger charge is -2.56. The molecule has 4 aliphatic carbocycles. The summed E-state index contributed by atoms with van der Waals surface area (Å²) in [5, 5.41) is 0.722. The maximum Gasteiger partial charge on any atom is 0.233 e. The van der Waals surface area contributed by atoms with Crippen molar-refractivity contribution in [3.63, 3.8) is 0 Å². The van der Waals surface area contributed by atoms with Crippen molar-refractivity contribution in [1.29, 1.82) is 0 Å². The van der Waals surface area contributed by atoms with E-state index in [0.717, 1.165) is 40.2 Å². The Balaban J connectivity index is 1.39. The van der Waals surface area contributed by atoms with Gasteiger partial charge in [-0.3, -0.25) is 4.79 Å². The smallest absolute Gasteiger partial charge is 0.233 e. The molecule has 24 heavy (non-hydrogen) atoms. The molecule has 5 heteroatoms. The molecule has 4 fully saturated rings. The van der Waals surface area contributed by atoms with E-state index in [1.165, 1.54) is 43.9 Å². The van der Waals surface area contributed by atoms with Crippen molar-refractivity contribution in [3.8, 4) is 0 Å². The molecule has 4 aliphatic rings. The van der Waals surface area contributed by atoms with Crippen molar-refractivity contribution < 1.29 is 4.79 Å². The lowest BCUT2D eigenvalue weighted by atomic mass is 9.54. The summed E-state index contributed by atoms with van der Waals surface area (Å²) in [7, 11) is 2.03. The molecule has 130 valence electrons. The first-order chi connectivity index (χ1) is 11.5. The molecule has 0 aromatic carbocycles. The zero-order valence-electron chi connectivity index (χ0n) is 14.9.